The summed E-state index contributed by atoms with van der Waals surface area (Å²) < 4.78 is 0. The van der Waals surface area contributed by atoms with Gasteiger partial charge in [-0.15, -0.1) is 0 Å². The molecule has 23 heavy (non-hydrogen) atoms. The van der Waals surface area contributed by atoms with Crippen molar-refractivity contribution in [3.05, 3.63) is 35.9 Å². The fraction of sp³-hybridized carbons (Fsp3) is 0.727. The van der Waals surface area contributed by atoms with Gasteiger partial charge in [-0.2, -0.15) is 0 Å². The van der Waals surface area contributed by atoms with E-state index in [1.165, 1.54) is 63.6 Å². The molecular weight excluding hydrogens is 278 g/mol. The van der Waals surface area contributed by atoms with Crippen LogP contribution in [0.2, 0.25) is 0 Å². The summed E-state index contributed by atoms with van der Waals surface area (Å²) in [5, 5.41) is 3.37. The smallest absolute Gasteiger partial charge is 0.00175 e. The Labute approximate surface area is 145 Å². The topological polar surface area (TPSA) is 12.0 Å². The molecule has 1 saturated heterocycles. The SMILES string of the molecule is CCC1CNCC1C.CCCC(CCC)CCc1ccccc1. The van der Waals surface area contributed by atoms with Crippen LogP contribution in [0.5, 0.6) is 0 Å². The Hall–Kier alpha value is -0.820. The molecule has 1 aromatic carbocycles. The normalized spacial score (nSPS) is 20.4. The molecule has 1 fully saturated rings. The first-order chi connectivity index (χ1) is 11.2. The van der Waals surface area contributed by atoms with E-state index in [1.807, 2.05) is 0 Å². The van der Waals surface area contributed by atoms with E-state index in [1.54, 1.807) is 0 Å². The summed E-state index contributed by atoms with van der Waals surface area (Å²) in [4.78, 5) is 0. The van der Waals surface area contributed by atoms with Crippen LogP contribution in [0.25, 0.3) is 0 Å². The van der Waals surface area contributed by atoms with Gasteiger partial charge in [0.15, 0.2) is 0 Å². The lowest BCUT2D eigenvalue weighted by atomic mass is 9.91. The highest BCUT2D eigenvalue weighted by molar-refractivity contribution is 5.14. The maximum atomic E-state index is 3.37. The van der Waals surface area contributed by atoms with E-state index >= 15 is 0 Å². The lowest BCUT2D eigenvalue weighted by Crippen LogP contribution is -2.07. The predicted molar refractivity (Wildman–Crippen MR) is 104 cm³/mol. The zero-order chi connectivity index (χ0) is 16.9. The Kier molecular flexibility index (Phi) is 11.1. The summed E-state index contributed by atoms with van der Waals surface area (Å²) in [5.41, 5.74) is 1.50. The van der Waals surface area contributed by atoms with Gasteiger partial charge in [-0.05, 0) is 49.2 Å². The molecule has 2 unspecified atom stereocenters. The third-order valence-electron chi connectivity index (χ3n) is 5.28. The van der Waals surface area contributed by atoms with Crippen molar-refractivity contribution in [1.29, 1.82) is 0 Å². The van der Waals surface area contributed by atoms with Crippen LogP contribution in [-0.2, 0) is 6.42 Å². The van der Waals surface area contributed by atoms with Crippen molar-refractivity contribution < 1.29 is 0 Å². The molecular formula is C22H39N. The number of hydrogen-bond acceptors (Lipinski definition) is 1. The van der Waals surface area contributed by atoms with E-state index in [0.717, 1.165) is 17.8 Å². The molecule has 1 aliphatic heterocycles. The van der Waals surface area contributed by atoms with E-state index in [-0.39, 0.29) is 0 Å². The van der Waals surface area contributed by atoms with Crippen molar-refractivity contribution in [3.63, 3.8) is 0 Å². The van der Waals surface area contributed by atoms with E-state index in [0.29, 0.717) is 0 Å². The standard InChI is InChI=1S/C15H24.C7H15N/c1-3-8-14(9-4-2)12-13-15-10-6-5-7-11-15;1-3-7-5-8-4-6(7)2/h5-7,10-11,14H,3-4,8-9,12-13H2,1-2H3;6-8H,3-5H2,1-2H3. The van der Waals surface area contributed by atoms with Crippen molar-refractivity contribution >= 4 is 0 Å². The van der Waals surface area contributed by atoms with Crippen LogP contribution in [0.1, 0.15) is 71.8 Å². The second-order valence-electron chi connectivity index (χ2n) is 7.27. The van der Waals surface area contributed by atoms with E-state index < -0.39 is 0 Å². The van der Waals surface area contributed by atoms with Crippen LogP contribution in [0.3, 0.4) is 0 Å². The van der Waals surface area contributed by atoms with Crippen molar-refractivity contribution in [2.45, 2.75) is 72.6 Å². The molecule has 0 bridgehead atoms. The van der Waals surface area contributed by atoms with Gasteiger partial charge in [0.1, 0.15) is 0 Å². The number of hydrogen-bond donors (Lipinski definition) is 1. The number of aryl methyl sites for hydroxylation is 1. The fourth-order valence-corrected chi connectivity index (χ4v) is 3.68. The van der Waals surface area contributed by atoms with Gasteiger partial charge in [-0.25, -0.2) is 0 Å². The lowest BCUT2D eigenvalue weighted by molar-refractivity contribution is 0.411. The van der Waals surface area contributed by atoms with Gasteiger partial charge in [0.25, 0.3) is 0 Å². The van der Waals surface area contributed by atoms with Gasteiger partial charge >= 0.3 is 0 Å². The highest BCUT2D eigenvalue weighted by Gasteiger charge is 2.20. The van der Waals surface area contributed by atoms with Gasteiger partial charge < -0.3 is 5.32 Å². The molecule has 1 heterocycles. The van der Waals surface area contributed by atoms with Crippen molar-refractivity contribution in [1.82, 2.24) is 5.32 Å². The maximum Gasteiger partial charge on any atom is -0.00175 e. The first kappa shape index (κ1) is 20.2. The van der Waals surface area contributed by atoms with Crippen LogP contribution in [0.4, 0.5) is 0 Å². The lowest BCUT2D eigenvalue weighted by Gasteiger charge is -2.14. The first-order valence-electron chi connectivity index (χ1n) is 9.95. The first-order valence-corrected chi connectivity index (χ1v) is 9.95. The Bertz CT molecular complexity index is 367. The van der Waals surface area contributed by atoms with Crippen molar-refractivity contribution in [2.75, 3.05) is 13.1 Å². The highest BCUT2D eigenvalue weighted by Crippen LogP contribution is 2.20. The fourth-order valence-electron chi connectivity index (χ4n) is 3.68. The van der Waals surface area contributed by atoms with E-state index in [2.05, 4.69) is 63.3 Å². The van der Waals surface area contributed by atoms with Gasteiger partial charge in [0.2, 0.25) is 0 Å². The molecule has 0 radical (unpaired) electrons. The summed E-state index contributed by atoms with van der Waals surface area (Å²) in [6.07, 6.45) is 9.44. The molecule has 1 aromatic rings. The van der Waals surface area contributed by atoms with E-state index in [9.17, 15) is 0 Å². The molecule has 1 N–H and O–H groups in total. The van der Waals surface area contributed by atoms with Crippen LogP contribution < -0.4 is 5.32 Å². The number of rotatable bonds is 8. The van der Waals surface area contributed by atoms with E-state index in [4.69, 9.17) is 0 Å². The van der Waals surface area contributed by atoms with Crippen molar-refractivity contribution in [2.24, 2.45) is 17.8 Å². The van der Waals surface area contributed by atoms with Crippen LogP contribution in [0, 0.1) is 17.8 Å². The summed E-state index contributed by atoms with van der Waals surface area (Å²) in [6, 6.07) is 10.9. The second-order valence-corrected chi connectivity index (χ2v) is 7.27. The summed E-state index contributed by atoms with van der Waals surface area (Å²) in [5.74, 6) is 2.82. The zero-order valence-corrected chi connectivity index (χ0v) is 16.0. The Morgan fingerprint density at radius 3 is 2.04 bits per heavy atom. The highest BCUT2D eigenvalue weighted by atomic mass is 14.9. The van der Waals surface area contributed by atoms with Gasteiger partial charge in [-0.3, -0.25) is 0 Å². The summed E-state index contributed by atoms with van der Waals surface area (Å²) in [7, 11) is 0. The maximum absolute atomic E-state index is 3.37. The minimum atomic E-state index is 0.917. The summed E-state index contributed by atoms with van der Waals surface area (Å²) in [6.45, 7) is 11.7. The molecule has 0 aliphatic carbocycles. The van der Waals surface area contributed by atoms with Gasteiger partial charge in [-0.1, -0.05) is 90.1 Å². The average molecular weight is 318 g/mol. The molecule has 2 rings (SSSR count). The van der Waals surface area contributed by atoms with Crippen molar-refractivity contribution in [3.8, 4) is 0 Å². The third kappa shape index (κ3) is 8.55. The van der Waals surface area contributed by atoms with Gasteiger partial charge in [0.05, 0.1) is 0 Å². The quantitative estimate of drug-likeness (QED) is 0.612. The molecule has 0 amide bonds. The number of benzene rings is 1. The average Bonchev–Trinajstić information content (AvgIpc) is 3.00. The third-order valence-corrected chi connectivity index (χ3v) is 5.28. The Balaban J connectivity index is 0.000000277. The second kappa shape index (κ2) is 12.6. The molecule has 1 nitrogen and oxygen atoms in total. The molecule has 132 valence electrons. The molecule has 2 atom stereocenters. The minimum absolute atomic E-state index is 0.917. The molecule has 0 spiro atoms. The van der Waals surface area contributed by atoms with Gasteiger partial charge in [0, 0.05) is 0 Å². The minimum Gasteiger partial charge on any atom is -0.316 e. The number of nitrogens with one attached hydrogen (secondary N) is 1. The Morgan fingerprint density at radius 2 is 1.61 bits per heavy atom. The molecule has 0 aromatic heterocycles. The molecule has 1 heteroatoms. The Morgan fingerprint density at radius 1 is 0.957 bits per heavy atom. The zero-order valence-electron chi connectivity index (χ0n) is 16.0. The van der Waals surface area contributed by atoms with Crippen LogP contribution >= 0.6 is 0 Å². The molecule has 1 aliphatic rings. The largest absolute Gasteiger partial charge is 0.316 e. The molecule has 0 saturated carbocycles. The summed E-state index contributed by atoms with van der Waals surface area (Å²) >= 11 is 0. The predicted octanol–water partition coefficient (Wildman–Crippen LogP) is 6.09. The van der Waals surface area contributed by atoms with Crippen LogP contribution in [-0.4, -0.2) is 13.1 Å². The van der Waals surface area contributed by atoms with Crippen LogP contribution in [0.15, 0.2) is 30.3 Å². The monoisotopic (exact) mass is 317 g/mol.